The molecule has 1 aliphatic carbocycles. The Morgan fingerprint density at radius 1 is 1.03 bits per heavy atom. The first-order chi connectivity index (χ1) is 17.6. The third-order valence-electron chi connectivity index (χ3n) is 7.88. The van der Waals surface area contributed by atoms with E-state index >= 15 is 0 Å². The highest BCUT2D eigenvalue weighted by molar-refractivity contribution is 5.79. The van der Waals surface area contributed by atoms with E-state index in [0.29, 0.717) is 37.3 Å². The summed E-state index contributed by atoms with van der Waals surface area (Å²) < 4.78 is 13.4. The van der Waals surface area contributed by atoms with E-state index in [-0.39, 0.29) is 30.7 Å². The van der Waals surface area contributed by atoms with Crippen LogP contribution in [-0.2, 0) is 15.1 Å². The number of carbonyl (C=O) groups is 1. The highest BCUT2D eigenvalue weighted by Gasteiger charge is 2.50. The summed E-state index contributed by atoms with van der Waals surface area (Å²) in [5.41, 5.74) is 4.94. The number of piperidine rings is 1. The lowest BCUT2D eigenvalue weighted by Gasteiger charge is -2.50. The zero-order chi connectivity index (χ0) is 24.3. The quantitative estimate of drug-likeness (QED) is 0.479. The average Bonchev–Trinajstić information content (AvgIpc) is 3.47. The number of fused-ring (bicyclic) bond motifs is 6. The van der Waals surface area contributed by atoms with Crippen LogP contribution in [0.25, 0.3) is 16.8 Å². The van der Waals surface area contributed by atoms with Crippen LogP contribution in [0.2, 0.25) is 0 Å². The van der Waals surface area contributed by atoms with Gasteiger partial charge in [-0.15, -0.1) is 0 Å². The number of hydrogen-bond donors (Lipinski definition) is 1. The molecule has 0 saturated carbocycles. The summed E-state index contributed by atoms with van der Waals surface area (Å²) in [6.07, 6.45) is 5.51. The molecule has 2 atom stereocenters. The Balaban J connectivity index is 1.12. The molecule has 36 heavy (non-hydrogen) atoms. The maximum atomic E-state index is 13.4. The second-order valence-electron chi connectivity index (χ2n) is 9.94. The molecule has 0 radical (unpaired) electrons. The number of aliphatic hydroxyl groups is 1. The normalized spacial score (nSPS) is 25.0. The van der Waals surface area contributed by atoms with Crippen molar-refractivity contribution >= 4 is 11.7 Å². The van der Waals surface area contributed by atoms with E-state index in [9.17, 15) is 9.90 Å². The minimum Gasteiger partial charge on any atom is -0.448 e. The SMILES string of the molecule is O=C(OCC1c2ccccc2-c2ccccc21)N1C2COCC1CC(O)(c1cnn3cccnc13)C2. The topological polar surface area (TPSA) is 89.2 Å². The van der Waals surface area contributed by atoms with E-state index in [1.165, 1.54) is 22.3 Å². The van der Waals surface area contributed by atoms with Gasteiger partial charge < -0.3 is 14.6 Å². The lowest BCUT2D eigenvalue weighted by atomic mass is 9.78. The molecular formula is C28H26N4O4. The molecular weight excluding hydrogens is 456 g/mol. The molecule has 2 aromatic carbocycles. The molecule has 2 aromatic heterocycles. The van der Waals surface area contributed by atoms with Gasteiger partial charge in [0.2, 0.25) is 0 Å². The smallest absolute Gasteiger partial charge is 0.410 e. The van der Waals surface area contributed by atoms with Gasteiger partial charge in [0.05, 0.1) is 37.1 Å². The number of ether oxygens (including phenoxy) is 2. The Morgan fingerprint density at radius 3 is 2.39 bits per heavy atom. The van der Waals surface area contributed by atoms with Crippen molar-refractivity contribution in [3.63, 3.8) is 0 Å². The largest absolute Gasteiger partial charge is 0.448 e. The van der Waals surface area contributed by atoms with Crippen LogP contribution in [0.3, 0.4) is 0 Å². The molecule has 2 bridgehead atoms. The number of nitrogens with zero attached hydrogens (tertiary/aromatic N) is 4. The predicted octanol–water partition coefficient (Wildman–Crippen LogP) is 3.73. The maximum absolute atomic E-state index is 13.4. The van der Waals surface area contributed by atoms with E-state index < -0.39 is 5.60 Å². The molecule has 182 valence electrons. The number of carbonyl (C=O) groups excluding carboxylic acids is 1. The summed E-state index contributed by atoms with van der Waals surface area (Å²) in [6, 6.07) is 17.8. The molecule has 1 amide bonds. The van der Waals surface area contributed by atoms with Crippen LogP contribution in [0.4, 0.5) is 4.79 Å². The summed E-state index contributed by atoms with van der Waals surface area (Å²) in [4.78, 5) is 19.6. The molecule has 2 aliphatic heterocycles. The maximum Gasteiger partial charge on any atom is 0.410 e. The monoisotopic (exact) mass is 482 g/mol. The third kappa shape index (κ3) is 3.25. The minimum atomic E-state index is -1.14. The zero-order valence-electron chi connectivity index (χ0n) is 19.7. The zero-order valence-corrected chi connectivity index (χ0v) is 19.7. The first-order valence-electron chi connectivity index (χ1n) is 12.3. The van der Waals surface area contributed by atoms with E-state index in [2.05, 4.69) is 34.3 Å². The Kier molecular flexibility index (Phi) is 4.87. The summed E-state index contributed by atoms with van der Waals surface area (Å²) in [5.74, 6) is 0.00372. The van der Waals surface area contributed by atoms with Crippen LogP contribution < -0.4 is 0 Å². The van der Waals surface area contributed by atoms with Crippen molar-refractivity contribution in [2.75, 3.05) is 19.8 Å². The molecule has 2 saturated heterocycles. The highest BCUT2D eigenvalue weighted by Crippen LogP contribution is 2.45. The number of hydrogen-bond acceptors (Lipinski definition) is 6. The summed E-state index contributed by atoms with van der Waals surface area (Å²) in [5, 5.41) is 16.1. The van der Waals surface area contributed by atoms with Crippen molar-refractivity contribution in [2.24, 2.45) is 0 Å². The molecule has 8 nitrogen and oxygen atoms in total. The van der Waals surface area contributed by atoms with Gasteiger partial charge in [-0.2, -0.15) is 5.10 Å². The van der Waals surface area contributed by atoms with E-state index in [4.69, 9.17) is 9.47 Å². The number of amides is 1. The number of benzene rings is 2. The van der Waals surface area contributed by atoms with E-state index in [1.807, 2.05) is 30.5 Å². The van der Waals surface area contributed by atoms with Crippen molar-refractivity contribution in [1.29, 1.82) is 0 Å². The summed E-state index contributed by atoms with van der Waals surface area (Å²) >= 11 is 0. The van der Waals surface area contributed by atoms with Gasteiger partial charge in [0.25, 0.3) is 0 Å². The second-order valence-corrected chi connectivity index (χ2v) is 9.94. The standard InChI is InChI=1S/C28H26N4O4/c33-27(36-17-24-22-8-3-1-6-20(22)21-7-2-4-9-23(21)24)32-18-12-28(34,13-19(32)16-35-15-18)25-14-30-31-11-5-10-29-26(25)31/h1-11,14,18-19,24,34H,12-13,15-17H2. The van der Waals surface area contributed by atoms with Crippen LogP contribution in [0, 0.1) is 0 Å². The fraction of sp³-hybridized carbons (Fsp3) is 0.321. The van der Waals surface area contributed by atoms with Gasteiger partial charge >= 0.3 is 6.09 Å². The summed E-state index contributed by atoms with van der Waals surface area (Å²) in [6.45, 7) is 0.983. The Labute approximate surface area is 208 Å². The Hall–Kier alpha value is -3.75. The number of rotatable bonds is 3. The van der Waals surface area contributed by atoms with Gasteiger partial charge in [0.1, 0.15) is 6.61 Å². The van der Waals surface area contributed by atoms with Gasteiger partial charge in [-0.1, -0.05) is 48.5 Å². The van der Waals surface area contributed by atoms with Crippen molar-refractivity contribution < 1.29 is 19.4 Å². The molecule has 4 heterocycles. The molecule has 4 aromatic rings. The van der Waals surface area contributed by atoms with Crippen molar-refractivity contribution in [2.45, 2.75) is 36.4 Å². The fourth-order valence-electron chi connectivity index (χ4n) is 6.32. The first-order valence-corrected chi connectivity index (χ1v) is 12.3. The lowest BCUT2D eigenvalue weighted by molar-refractivity contribution is -0.136. The number of aromatic nitrogens is 3. The van der Waals surface area contributed by atoms with E-state index in [0.717, 1.165) is 0 Å². The molecule has 2 unspecified atom stereocenters. The van der Waals surface area contributed by atoms with Gasteiger partial charge in [0, 0.05) is 36.7 Å². The fourth-order valence-corrected chi connectivity index (χ4v) is 6.32. The van der Waals surface area contributed by atoms with Crippen LogP contribution >= 0.6 is 0 Å². The Morgan fingerprint density at radius 2 is 1.69 bits per heavy atom. The lowest BCUT2D eigenvalue weighted by Crippen LogP contribution is -2.62. The van der Waals surface area contributed by atoms with Gasteiger partial charge in [0.15, 0.2) is 5.65 Å². The average molecular weight is 483 g/mol. The molecule has 0 spiro atoms. The van der Waals surface area contributed by atoms with Crippen LogP contribution in [0.1, 0.15) is 35.4 Å². The highest BCUT2D eigenvalue weighted by atomic mass is 16.6. The molecule has 3 aliphatic rings. The first kappa shape index (κ1) is 21.5. The van der Waals surface area contributed by atoms with Crippen molar-refractivity contribution in [3.05, 3.63) is 89.9 Å². The summed E-state index contributed by atoms with van der Waals surface area (Å²) in [7, 11) is 0. The minimum absolute atomic E-state index is 0.00372. The second kappa shape index (κ2) is 8.15. The van der Waals surface area contributed by atoms with E-state index in [1.54, 1.807) is 27.9 Å². The molecule has 2 fully saturated rings. The van der Waals surface area contributed by atoms with Gasteiger partial charge in [-0.05, 0) is 28.3 Å². The van der Waals surface area contributed by atoms with Crippen LogP contribution in [-0.4, -0.2) is 62.6 Å². The predicted molar refractivity (Wildman–Crippen MR) is 131 cm³/mol. The van der Waals surface area contributed by atoms with Gasteiger partial charge in [-0.25, -0.2) is 14.3 Å². The van der Waals surface area contributed by atoms with Crippen molar-refractivity contribution in [1.82, 2.24) is 19.5 Å². The molecule has 7 rings (SSSR count). The number of morpholine rings is 1. The molecule has 1 N–H and O–H groups in total. The van der Waals surface area contributed by atoms with Gasteiger partial charge in [-0.3, -0.25) is 4.90 Å². The van der Waals surface area contributed by atoms with Crippen LogP contribution in [0.5, 0.6) is 0 Å². The molecule has 8 heteroatoms. The van der Waals surface area contributed by atoms with Crippen molar-refractivity contribution in [3.8, 4) is 11.1 Å². The Bertz CT molecular complexity index is 1410. The van der Waals surface area contributed by atoms with Crippen LogP contribution in [0.15, 0.2) is 73.2 Å². The third-order valence-corrected chi connectivity index (χ3v) is 7.88.